The van der Waals surface area contributed by atoms with Gasteiger partial charge in [-0.15, -0.1) is 0 Å². The lowest BCUT2D eigenvalue weighted by atomic mass is 10.2. The summed E-state index contributed by atoms with van der Waals surface area (Å²) < 4.78 is 56.6. The van der Waals surface area contributed by atoms with E-state index in [9.17, 15) is 26.4 Å². The molecule has 0 radical (unpaired) electrons. The molecule has 0 aliphatic heterocycles. The molecule has 0 saturated carbocycles. The number of anilines is 4. The minimum atomic E-state index is -4.07. The number of nitrogens with one attached hydrogen (secondary N) is 4. The Morgan fingerprint density at radius 3 is 1.40 bits per heavy atom. The minimum Gasteiger partial charge on any atom is -0.326 e. The van der Waals surface area contributed by atoms with Gasteiger partial charge in [-0.05, 0) is 73.2 Å². The molecule has 0 bridgehead atoms. The van der Waals surface area contributed by atoms with E-state index in [1.807, 2.05) is 0 Å². The van der Waals surface area contributed by atoms with Crippen LogP contribution >= 0.6 is 0 Å². The Hall–Kier alpha value is -3.90. The zero-order valence-corrected chi connectivity index (χ0v) is 20.7. The van der Waals surface area contributed by atoms with E-state index in [1.54, 1.807) is 13.0 Å². The van der Waals surface area contributed by atoms with E-state index >= 15 is 0 Å². The molecule has 4 N–H and O–H groups in total. The summed E-state index contributed by atoms with van der Waals surface area (Å²) in [6.45, 7) is 4.41. The quantitative estimate of drug-likeness (QED) is 0.360. The van der Waals surface area contributed by atoms with Crippen LogP contribution < -0.4 is 20.1 Å². The maximum Gasteiger partial charge on any atom is 0.261 e. The second-order valence-electron chi connectivity index (χ2n) is 7.67. The van der Waals surface area contributed by atoms with Crippen LogP contribution in [0.5, 0.6) is 0 Å². The van der Waals surface area contributed by atoms with Crippen LogP contribution in [-0.4, -0.2) is 28.6 Å². The molecule has 0 aliphatic carbocycles. The fourth-order valence-electron chi connectivity index (χ4n) is 3.08. The first-order valence-electron chi connectivity index (χ1n) is 10.3. The van der Waals surface area contributed by atoms with Crippen molar-refractivity contribution in [1.82, 2.24) is 0 Å². The molecule has 3 rings (SSSR count). The van der Waals surface area contributed by atoms with Crippen molar-refractivity contribution in [2.24, 2.45) is 0 Å². The predicted octanol–water partition coefficient (Wildman–Crippen LogP) is 3.51. The van der Waals surface area contributed by atoms with Crippen LogP contribution in [0.4, 0.5) is 22.7 Å². The standard InChI is InChI=1S/C23H24N4O6S2/c1-15-4-13-22(26-34(30,31)20-9-5-18(6-10-20)24-16(2)28)23(14-15)27-35(32,33)21-11-7-19(8-12-21)25-17(3)29/h4-14,26-27H,1-3H3,(H,24,28)(H,25,29). The highest BCUT2D eigenvalue weighted by atomic mass is 32.2. The third kappa shape index (κ3) is 6.80. The number of carbonyl (C=O) groups excluding carboxylic acids is 2. The molecular formula is C23H24N4O6S2. The zero-order valence-electron chi connectivity index (χ0n) is 19.1. The number of carbonyl (C=O) groups is 2. The Kier molecular flexibility index (Phi) is 7.46. The fourth-order valence-corrected chi connectivity index (χ4v) is 5.23. The van der Waals surface area contributed by atoms with Gasteiger partial charge in [0.15, 0.2) is 0 Å². The molecule has 0 heterocycles. The van der Waals surface area contributed by atoms with Gasteiger partial charge in [-0.2, -0.15) is 0 Å². The maximum absolute atomic E-state index is 12.9. The van der Waals surface area contributed by atoms with Crippen LogP contribution in [0.25, 0.3) is 0 Å². The van der Waals surface area contributed by atoms with Gasteiger partial charge >= 0.3 is 0 Å². The molecule has 0 unspecified atom stereocenters. The van der Waals surface area contributed by atoms with Crippen molar-refractivity contribution in [3.8, 4) is 0 Å². The van der Waals surface area contributed by atoms with Gasteiger partial charge < -0.3 is 10.6 Å². The average Bonchev–Trinajstić information content (AvgIpc) is 2.75. The lowest BCUT2D eigenvalue weighted by Crippen LogP contribution is -2.18. The highest BCUT2D eigenvalue weighted by Gasteiger charge is 2.20. The van der Waals surface area contributed by atoms with Crippen LogP contribution in [0.2, 0.25) is 0 Å². The molecule has 3 aromatic rings. The van der Waals surface area contributed by atoms with Crippen LogP contribution in [0, 0.1) is 6.92 Å². The molecular weight excluding hydrogens is 492 g/mol. The van der Waals surface area contributed by atoms with Gasteiger partial charge in [0.25, 0.3) is 20.0 Å². The van der Waals surface area contributed by atoms with Crippen LogP contribution in [-0.2, 0) is 29.6 Å². The average molecular weight is 517 g/mol. The Morgan fingerprint density at radius 1 is 0.600 bits per heavy atom. The third-order valence-corrected chi connectivity index (χ3v) is 7.40. The molecule has 0 aliphatic rings. The lowest BCUT2D eigenvalue weighted by Gasteiger charge is -2.16. The molecule has 12 heteroatoms. The van der Waals surface area contributed by atoms with E-state index in [2.05, 4.69) is 20.1 Å². The van der Waals surface area contributed by atoms with E-state index in [0.717, 1.165) is 0 Å². The van der Waals surface area contributed by atoms with Crippen molar-refractivity contribution in [1.29, 1.82) is 0 Å². The Bertz CT molecular complexity index is 1470. The van der Waals surface area contributed by atoms with Crippen molar-refractivity contribution in [3.63, 3.8) is 0 Å². The Balaban J connectivity index is 1.87. The van der Waals surface area contributed by atoms with Crippen molar-refractivity contribution >= 4 is 54.6 Å². The number of aryl methyl sites for hydroxylation is 1. The van der Waals surface area contributed by atoms with Crippen LogP contribution in [0.3, 0.4) is 0 Å². The van der Waals surface area contributed by atoms with Crippen molar-refractivity contribution in [2.45, 2.75) is 30.6 Å². The minimum absolute atomic E-state index is 0.0278. The summed E-state index contributed by atoms with van der Waals surface area (Å²) >= 11 is 0. The zero-order chi connectivity index (χ0) is 25.8. The molecule has 35 heavy (non-hydrogen) atoms. The molecule has 0 aromatic heterocycles. The lowest BCUT2D eigenvalue weighted by molar-refractivity contribution is -0.115. The molecule has 0 atom stereocenters. The van der Waals surface area contributed by atoms with Gasteiger partial charge in [0.2, 0.25) is 11.8 Å². The monoisotopic (exact) mass is 516 g/mol. The molecule has 2 amide bonds. The Morgan fingerprint density at radius 2 is 1.00 bits per heavy atom. The summed E-state index contributed by atoms with van der Waals surface area (Å²) in [4.78, 5) is 22.2. The molecule has 0 saturated heterocycles. The van der Waals surface area contributed by atoms with E-state index < -0.39 is 20.0 Å². The second-order valence-corrected chi connectivity index (χ2v) is 11.0. The first-order valence-corrected chi connectivity index (χ1v) is 13.2. The normalized spacial score (nSPS) is 11.4. The van der Waals surface area contributed by atoms with Crippen molar-refractivity contribution in [3.05, 3.63) is 72.3 Å². The van der Waals surface area contributed by atoms with Gasteiger partial charge in [-0.3, -0.25) is 19.0 Å². The van der Waals surface area contributed by atoms with Gasteiger partial charge in [-0.1, -0.05) is 6.07 Å². The van der Waals surface area contributed by atoms with Crippen LogP contribution in [0.1, 0.15) is 19.4 Å². The van der Waals surface area contributed by atoms with Crippen molar-refractivity contribution in [2.75, 3.05) is 20.1 Å². The fraction of sp³-hybridized carbons (Fsp3) is 0.130. The summed E-state index contributed by atoms with van der Waals surface area (Å²) in [5, 5.41) is 5.10. The first kappa shape index (κ1) is 25.7. The number of hydrogen-bond donors (Lipinski definition) is 4. The summed E-state index contributed by atoms with van der Waals surface area (Å²) in [6.07, 6.45) is 0. The van der Waals surface area contributed by atoms with E-state index in [1.165, 1.54) is 74.5 Å². The van der Waals surface area contributed by atoms with Gasteiger partial charge in [0.05, 0.1) is 21.2 Å². The number of rotatable bonds is 8. The highest BCUT2D eigenvalue weighted by molar-refractivity contribution is 7.93. The maximum atomic E-state index is 12.9. The molecule has 3 aromatic carbocycles. The van der Waals surface area contributed by atoms with E-state index in [4.69, 9.17) is 0 Å². The molecule has 0 fully saturated rings. The van der Waals surface area contributed by atoms with Gasteiger partial charge in [-0.25, -0.2) is 16.8 Å². The molecule has 0 spiro atoms. The number of sulfonamides is 2. The molecule has 10 nitrogen and oxygen atoms in total. The largest absolute Gasteiger partial charge is 0.326 e. The summed E-state index contributed by atoms with van der Waals surface area (Å²) in [5.74, 6) is -0.583. The second kappa shape index (κ2) is 10.2. The van der Waals surface area contributed by atoms with E-state index in [-0.39, 0.29) is 33.0 Å². The smallest absolute Gasteiger partial charge is 0.261 e. The number of hydrogen-bond acceptors (Lipinski definition) is 6. The third-order valence-electron chi connectivity index (χ3n) is 4.63. The van der Waals surface area contributed by atoms with Crippen LogP contribution in [0.15, 0.2) is 76.5 Å². The highest BCUT2D eigenvalue weighted by Crippen LogP contribution is 2.29. The summed E-state index contributed by atoms with van der Waals surface area (Å²) in [6, 6.07) is 15.7. The van der Waals surface area contributed by atoms with Crippen molar-refractivity contribution < 1.29 is 26.4 Å². The number of amides is 2. The summed E-state index contributed by atoms with van der Waals surface area (Å²) in [7, 11) is -8.14. The number of benzene rings is 3. The van der Waals surface area contributed by atoms with E-state index in [0.29, 0.717) is 16.9 Å². The topological polar surface area (TPSA) is 151 Å². The van der Waals surface area contributed by atoms with Gasteiger partial charge in [0.1, 0.15) is 0 Å². The SMILES string of the molecule is CC(=O)Nc1ccc(S(=O)(=O)Nc2ccc(C)cc2NS(=O)(=O)c2ccc(NC(C)=O)cc2)cc1. The first-order chi connectivity index (χ1) is 16.4. The van der Waals surface area contributed by atoms with Gasteiger partial charge in [0, 0.05) is 25.2 Å². The predicted molar refractivity (Wildman–Crippen MR) is 134 cm³/mol. The summed E-state index contributed by atoms with van der Waals surface area (Å²) in [5.41, 5.74) is 1.63. The molecule has 184 valence electrons. The Labute approximate surface area is 203 Å².